The summed E-state index contributed by atoms with van der Waals surface area (Å²) in [6.45, 7) is 2.91. The number of nitrogens with one attached hydrogen (secondary N) is 1. The third-order valence-corrected chi connectivity index (χ3v) is 2.92. The highest BCUT2D eigenvalue weighted by molar-refractivity contribution is 5.78. The Bertz CT molecular complexity index is 333. The molecule has 1 aliphatic heterocycles. The molecule has 6 nitrogen and oxygen atoms in total. The third-order valence-electron chi connectivity index (χ3n) is 2.92. The molecule has 0 aromatic carbocycles. The Morgan fingerprint density at radius 2 is 2.24 bits per heavy atom. The molecule has 1 aromatic heterocycles. The minimum Gasteiger partial charge on any atom is -0.343 e. The highest BCUT2D eigenvalue weighted by Crippen LogP contribution is 2.08. The van der Waals surface area contributed by atoms with Gasteiger partial charge in [-0.3, -0.25) is 4.79 Å². The van der Waals surface area contributed by atoms with Crippen molar-refractivity contribution in [2.24, 2.45) is 0 Å². The largest absolute Gasteiger partial charge is 0.343 e. The molecule has 0 saturated carbocycles. The molecule has 17 heavy (non-hydrogen) atoms. The molecule has 1 N–H and O–H groups in total. The quantitative estimate of drug-likeness (QED) is 0.743. The monoisotopic (exact) mass is 238 g/mol. The number of hydrogen-bond acceptors (Lipinski definition) is 5. The van der Waals surface area contributed by atoms with Gasteiger partial charge < -0.3 is 14.7 Å². The first kappa shape index (κ1) is 12.0. The molecule has 0 unspecified atom stereocenters. The van der Waals surface area contributed by atoms with Crippen LogP contribution in [-0.2, 0) is 11.2 Å². The van der Waals surface area contributed by atoms with E-state index in [9.17, 15) is 4.79 Å². The first-order chi connectivity index (χ1) is 8.36. The van der Waals surface area contributed by atoms with Gasteiger partial charge in [-0.25, -0.2) is 0 Å². The zero-order valence-electron chi connectivity index (χ0n) is 9.89. The number of piperidine rings is 1. The second-order valence-corrected chi connectivity index (χ2v) is 4.22. The smallest absolute Gasteiger partial charge is 0.236 e. The third kappa shape index (κ3) is 3.81. The van der Waals surface area contributed by atoms with Crippen LogP contribution in [0.15, 0.2) is 10.9 Å². The maximum Gasteiger partial charge on any atom is 0.236 e. The van der Waals surface area contributed by atoms with Crippen LogP contribution in [0.1, 0.15) is 25.1 Å². The fourth-order valence-electron chi connectivity index (χ4n) is 1.95. The van der Waals surface area contributed by atoms with Crippen molar-refractivity contribution in [1.29, 1.82) is 0 Å². The summed E-state index contributed by atoms with van der Waals surface area (Å²) < 4.78 is 4.62. The number of carbonyl (C=O) groups excluding carboxylic acids is 1. The number of aromatic nitrogens is 2. The van der Waals surface area contributed by atoms with Gasteiger partial charge in [0.25, 0.3) is 0 Å². The summed E-state index contributed by atoms with van der Waals surface area (Å²) in [4.78, 5) is 17.6. The summed E-state index contributed by atoms with van der Waals surface area (Å²) in [5.41, 5.74) is 0. The second-order valence-electron chi connectivity index (χ2n) is 4.22. The molecule has 1 aromatic rings. The summed E-state index contributed by atoms with van der Waals surface area (Å²) in [7, 11) is 0. The fourth-order valence-corrected chi connectivity index (χ4v) is 1.95. The molecule has 0 radical (unpaired) electrons. The number of amides is 1. The van der Waals surface area contributed by atoms with Crippen LogP contribution in [-0.4, -0.2) is 47.1 Å². The van der Waals surface area contributed by atoms with Gasteiger partial charge >= 0.3 is 0 Å². The van der Waals surface area contributed by atoms with Crippen LogP contribution in [0, 0.1) is 0 Å². The van der Waals surface area contributed by atoms with Gasteiger partial charge in [-0.1, -0.05) is 5.16 Å². The van der Waals surface area contributed by atoms with E-state index < -0.39 is 0 Å². The molecule has 2 rings (SSSR count). The number of hydrogen-bond donors (Lipinski definition) is 1. The molecule has 1 amide bonds. The highest BCUT2D eigenvalue weighted by atomic mass is 16.5. The summed E-state index contributed by atoms with van der Waals surface area (Å²) >= 11 is 0. The van der Waals surface area contributed by atoms with Crippen LogP contribution in [0.25, 0.3) is 0 Å². The first-order valence-corrected chi connectivity index (χ1v) is 6.10. The number of nitrogens with zero attached hydrogens (tertiary/aromatic N) is 3. The summed E-state index contributed by atoms with van der Waals surface area (Å²) in [5.74, 6) is 0.862. The Kier molecular flexibility index (Phi) is 4.49. The molecule has 0 spiro atoms. The van der Waals surface area contributed by atoms with Crippen molar-refractivity contribution in [2.75, 3.05) is 26.2 Å². The van der Waals surface area contributed by atoms with Crippen molar-refractivity contribution in [3.63, 3.8) is 0 Å². The molecule has 0 bridgehead atoms. The lowest BCUT2D eigenvalue weighted by atomic mass is 10.1. The fraction of sp³-hybridized carbons (Fsp3) is 0.727. The van der Waals surface area contributed by atoms with E-state index in [1.165, 1.54) is 12.8 Å². The van der Waals surface area contributed by atoms with E-state index in [-0.39, 0.29) is 5.91 Å². The lowest BCUT2D eigenvalue weighted by Gasteiger charge is -2.26. The first-order valence-electron chi connectivity index (χ1n) is 6.10. The van der Waals surface area contributed by atoms with Gasteiger partial charge in [0.2, 0.25) is 12.3 Å². The maximum absolute atomic E-state index is 11.8. The molecule has 6 heteroatoms. The van der Waals surface area contributed by atoms with Crippen LogP contribution in [0.4, 0.5) is 0 Å². The molecule has 0 aliphatic carbocycles. The Balaban J connectivity index is 1.59. The van der Waals surface area contributed by atoms with Crippen molar-refractivity contribution in [1.82, 2.24) is 20.4 Å². The Labute approximate surface area is 100 Å². The normalized spacial score (nSPS) is 16.1. The van der Waals surface area contributed by atoms with Gasteiger partial charge in [0.15, 0.2) is 5.82 Å². The lowest BCUT2D eigenvalue weighted by Crippen LogP contribution is -2.41. The predicted molar refractivity (Wildman–Crippen MR) is 61.3 cm³/mol. The Morgan fingerprint density at radius 1 is 1.41 bits per heavy atom. The molecular formula is C11H18N4O2. The van der Waals surface area contributed by atoms with E-state index >= 15 is 0 Å². The van der Waals surface area contributed by atoms with E-state index in [1.54, 1.807) is 0 Å². The van der Waals surface area contributed by atoms with Crippen LogP contribution in [0.2, 0.25) is 0 Å². The van der Waals surface area contributed by atoms with Gasteiger partial charge in [0, 0.05) is 26.1 Å². The van der Waals surface area contributed by atoms with E-state index in [4.69, 9.17) is 0 Å². The summed E-state index contributed by atoms with van der Waals surface area (Å²) in [6, 6.07) is 0. The van der Waals surface area contributed by atoms with Crippen molar-refractivity contribution >= 4 is 5.91 Å². The topological polar surface area (TPSA) is 71.3 Å². The Hall–Kier alpha value is -1.43. The SMILES string of the molecule is O=C(CNCCc1ncon1)N1CCCCC1. The van der Waals surface area contributed by atoms with Crippen molar-refractivity contribution < 1.29 is 9.32 Å². The molecular weight excluding hydrogens is 220 g/mol. The Morgan fingerprint density at radius 3 is 2.94 bits per heavy atom. The molecule has 94 valence electrons. The number of rotatable bonds is 5. The average Bonchev–Trinajstić information content (AvgIpc) is 2.88. The van der Waals surface area contributed by atoms with Gasteiger partial charge in [-0.05, 0) is 19.3 Å². The standard InChI is InChI=1S/C11H18N4O2/c16-11(15-6-2-1-3-7-15)8-12-5-4-10-13-9-17-14-10/h9,12H,1-8H2. The molecule has 2 heterocycles. The van der Waals surface area contributed by atoms with Crippen molar-refractivity contribution in [2.45, 2.75) is 25.7 Å². The number of carbonyl (C=O) groups is 1. The van der Waals surface area contributed by atoms with Crippen molar-refractivity contribution in [3.05, 3.63) is 12.2 Å². The predicted octanol–water partition coefficient (Wildman–Crippen LogP) is 0.214. The lowest BCUT2D eigenvalue weighted by molar-refractivity contribution is -0.131. The maximum atomic E-state index is 11.8. The van der Waals surface area contributed by atoms with Gasteiger partial charge in [0.1, 0.15) is 0 Å². The molecule has 0 atom stereocenters. The summed E-state index contributed by atoms with van der Waals surface area (Å²) in [6.07, 6.45) is 5.51. The van der Waals surface area contributed by atoms with Crippen LogP contribution < -0.4 is 5.32 Å². The molecule has 1 aliphatic rings. The minimum atomic E-state index is 0.192. The van der Waals surface area contributed by atoms with Crippen LogP contribution >= 0.6 is 0 Å². The number of likely N-dealkylation sites (tertiary alicyclic amines) is 1. The zero-order valence-corrected chi connectivity index (χ0v) is 9.89. The minimum absolute atomic E-state index is 0.192. The van der Waals surface area contributed by atoms with Gasteiger partial charge in [-0.15, -0.1) is 0 Å². The van der Waals surface area contributed by atoms with Gasteiger partial charge in [-0.2, -0.15) is 4.98 Å². The summed E-state index contributed by atoms with van der Waals surface area (Å²) in [5, 5.41) is 6.81. The van der Waals surface area contributed by atoms with Crippen LogP contribution in [0.5, 0.6) is 0 Å². The van der Waals surface area contributed by atoms with E-state index in [1.807, 2.05) is 4.90 Å². The van der Waals surface area contributed by atoms with Crippen LogP contribution in [0.3, 0.4) is 0 Å². The van der Waals surface area contributed by atoms with Crippen molar-refractivity contribution in [3.8, 4) is 0 Å². The van der Waals surface area contributed by atoms with E-state index in [0.717, 1.165) is 25.9 Å². The average molecular weight is 238 g/mol. The van der Waals surface area contributed by atoms with E-state index in [0.29, 0.717) is 25.3 Å². The highest BCUT2D eigenvalue weighted by Gasteiger charge is 2.15. The molecule has 1 fully saturated rings. The van der Waals surface area contributed by atoms with E-state index in [2.05, 4.69) is 20.0 Å². The second kappa shape index (κ2) is 6.34. The molecule has 1 saturated heterocycles. The zero-order chi connectivity index (χ0) is 11.9. The van der Waals surface area contributed by atoms with Gasteiger partial charge in [0.05, 0.1) is 6.54 Å².